The minimum absolute atomic E-state index is 0.147. The van der Waals surface area contributed by atoms with Crippen LogP contribution in [0.1, 0.15) is 24.0 Å². The normalized spacial score (nSPS) is 18.5. The monoisotopic (exact) mass is 347 g/mol. The van der Waals surface area contributed by atoms with Crippen LogP contribution in [0.5, 0.6) is 0 Å². The molecule has 0 aliphatic carbocycles. The maximum atomic E-state index is 13.4. The number of hydrazine groups is 1. The predicted molar refractivity (Wildman–Crippen MR) is 85.5 cm³/mol. The summed E-state index contributed by atoms with van der Waals surface area (Å²) in [4.78, 5) is 12.1. The van der Waals surface area contributed by atoms with Crippen molar-refractivity contribution in [2.45, 2.75) is 25.9 Å². The maximum absolute atomic E-state index is 13.4. The zero-order valence-corrected chi connectivity index (χ0v) is 13.6. The van der Waals surface area contributed by atoms with Crippen LogP contribution in [0.2, 0.25) is 0 Å². The lowest BCUT2D eigenvalue weighted by Gasteiger charge is -2.38. The number of aryl methyl sites for hydroxylation is 1. The summed E-state index contributed by atoms with van der Waals surface area (Å²) in [5.41, 5.74) is 0.427. The van der Waals surface area contributed by atoms with E-state index in [1.54, 1.807) is 24.3 Å². The lowest BCUT2D eigenvalue weighted by molar-refractivity contribution is -0.137. The van der Waals surface area contributed by atoms with Gasteiger partial charge >= 0.3 is 6.18 Å². The third-order valence-corrected chi connectivity index (χ3v) is 4.29. The van der Waals surface area contributed by atoms with E-state index in [4.69, 9.17) is 0 Å². The molecule has 3 rings (SSSR count). The molecule has 1 amide bonds. The van der Waals surface area contributed by atoms with Gasteiger partial charge in [-0.05, 0) is 31.1 Å². The third kappa shape index (κ3) is 3.25. The number of alkyl halides is 3. The first-order valence-electron chi connectivity index (χ1n) is 7.88. The van der Waals surface area contributed by atoms with Crippen molar-refractivity contribution in [3.8, 4) is 6.07 Å². The van der Waals surface area contributed by atoms with Crippen LogP contribution in [-0.2, 0) is 4.79 Å². The fraction of sp³-hybridized carbons (Fsp3) is 0.333. The van der Waals surface area contributed by atoms with Gasteiger partial charge in [0.05, 0.1) is 29.5 Å². The number of hydrogen-bond acceptors (Lipinski definition) is 3. The summed E-state index contributed by atoms with van der Waals surface area (Å²) in [5, 5.41) is 12.1. The summed E-state index contributed by atoms with van der Waals surface area (Å²) >= 11 is 0. The van der Waals surface area contributed by atoms with Crippen LogP contribution in [-0.4, -0.2) is 35.2 Å². The van der Waals surface area contributed by atoms with Gasteiger partial charge in [0.2, 0.25) is 5.91 Å². The van der Waals surface area contributed by atoms with Crippen LogP contribution in [0.4, 0.5) is 13.2 Å². The van der Waals surface area contributed by atoms with Gasteiger partial charge in [-0.3, -0.25) is 14.8 Å². The van der Waals surface area contributed by atoms with Crippen molar-refractivity contribution in [1.82, 2.24) is 10.0 Å². The van der Waals surface area contributed by atoms with Gasteiger partial charge in [0.15, 0.2) is 0 Å². The van der Waals surface area contributed by atoms with E-state index >= 15 is 0 Å². The van der Waals surface area contributed by atoms with Crippen molar-refractivity contribution in [2.75, 3.05) is 13.1 Å². The highest BCUT2D eigenvalue weighted by Crippen LogP contribution is 2.38. The fourth-order valence-corrected chi connectivity index (χ4v) is 3.11. The van der Waals surface area contributed by atoms with Gasteiger partial charge in [0.25, 0.3) is 0 Å². The molecule has 0 aromatic heterocycles. The largest absolute Gasteiger partial charge is 0.417 e. The molecule has 25 heavy (non-hydrogen) atoms. The van der Waals surface area contributed by atoms with E-state index in [2.05, 4.69) is 0 Å². The van der Waals surface area contributed by atoms with Gasteiger partial charge in [0.1, 0.15) is 0 Å². The summed E-state index contributed by atoms with van der Waals surface area (Å²) in [6.07, 6.45) is -2.65. The molecule has 1 aromatic carbocycles. The average Bonchev–Trinajstić information content (AvgIpc) is 2.98. The van der Waals surface area contributed by atoms with E-state index in [0.717, 1.165) is 11.6 Å². The number of hydrogen-bond donors (Lipinski definition) is 0. The Balaban J connectivity index is 2.14. The highest BCUT2D eigenvalue weighted by molar-refractivity contribution is 5.80. The average molecular weight is 347 g/mol. The summed E-state index contributed by atoms with van der Waals surface area (Å²) in [5.74, 6) is -0.147. The molecule has 2 heterocycles. The Bertz CT molecular complexity index is 818. The van der Waals surface area contributed by atoms with Gasteiger partial charge in [-0.25, -0.2) is 0 Å². The molecule has 0 unspecified atom stereocenters. The first kappa shape index (κ1) is 17.1. The van der Waals surface area contributed by atoms with E-state index in [-0.39, 0.29) is 23.7 Å². The molecule has 1 fully saturated rings. The summed E-state index contributed by atoms with van der Waals surface area (Å²) < 4.78 is 40.1. The summed E-state index contributed by atoms with van der Waals surface area (Å²) in [6.45, 7) is 2.01. The molecule has 1 aromatic rings. The molecule has 1 saturated heterocycles. The number of halogens is 3. The Morgan fingerprint density at radius 1 is 1.24 bits per heavy atom. The van der Waals surface area contributed by atoms with Crippen LogP contribution in [0, 0.1) is 18.3 Å². The first-order valence-corrected chi connectivity index (χ1v) is 7.88. The van der Waals surface area contributed by atoms with E-state index < -0.39 is 11.7 Å². The van der Waals surface area contributed by atoms with Crippen molar-refractivity contribution in [2.24, 2.45) is 0 Å². The molecular weight excluding hydrogens is 331 g/mol. The Labute approximate surface area is 143 Å². The number of carbonyl (C=O) groups is 1. The second-order valence-corrected chi connectivity index (χ2v) is 6.08. The Hall–Kier alpha value is -2.75. The zero-order valence-electron chi connectivity index (χ0n) is 13.6. The van der Waals surface area contributed by atoms with E-state index in [0.29, 0.717) is 24.9 Å². The SMILES string of the molecule is Cc1cccc(C2=CC(C(F)(F)F)=C(C#N)CN2N2CCCC2=O)c1. The second kappa shape index (κ2) is 6.28. The molecule has 0 radical (unpaired) electrons. The molecule has 0 N–H and O–H groups in total. The number of rotatable bonds is 2. The second-order valence-electron chi connectivity index (χ2n) is 6.08. The molecular formula is C18H16F3N3O. The first-order chi connectivity index (χ1) is 11.8. The Kier molecular flexibility index (Phi) is 4.29. The smallest absolute Gasteiger partial charge is 0.277 e. The third-order valence-electron chi connectivity index (χ3n) is 4.29. The number of benzene rings is 1. The standard InChI is InChI=1S/C18H16F3N3O/c1-12-4-2-5-13(8-12)16-9-15(18(19,20)21)14(10-22)11-24(16)23-7-3-6-17(23)25/h2,4-5,8-9H,3,6-7,11H2,1H3. The lowest BCUT2D eigenvalue weighted by Crippen LogP contribution is -2.45. The number of allylic oxidation sites excluding steroid dienone is 2. The van der Waals surface area contributed by atoms with Crippen molar-refractivity contribution >= 4 is 11.6 Å². The highest BCUT2D eigenvalue weighted by atomic mass is 19.4. The van der Waals surface area contributed by atoms with Gasteiger partial charge in [-0.15, -0.1) is 0 Å². The topological polar surface area (TPSA) is 47.3 Å². The molecule has 7 heteroatoms. The van der Waals surface area contributed by atoms with Gasteiger partial charge in [0, 0.05) is 13.0 Å². The molecule has 2 aliphatic rings. The molecule has 0 atom stereocenters. The molecule has 130 valence electrons. The Morgan fingerprint density at radius 2 is 2.00 bits per heavy atom. The number of carbonyl (C=O) groups excluding carboxylic acids is 1. The van der Waals surface area contributed by atoms with Gasteiger partial charge in [-0.1, -0.05) is 23.8 Å². The van der Waals surface area contributed by atoms with Crippen molar-refractivity contribution in [3.63, 3.8) is 0 Å². The minimum Gasteiger partial charge on any atom is -0.277 e. The summed E-state index contributed by atoms with van der Waals surface area (Å²) in [6, 6.07) is 8.73. The number of amides is 1. The molecule has 0 saturated carbocycles. The maximum Gasteiger partial charge on any atom is 0.417 e. The molecule has 0 bridgehead atoms. The van der Waals surface area contributed by atoms with E-state index in [1.807, 2.05) is 13.0 Å². The van der Waals surface area contributed by atoms with Crippen LogP contribution in [0.3, 0.4) is 0 Å². The van der Waals surface area contributed by atoms with E-state index in [9.17, 15) is 23.2 Å². The fourth-order valence-electron chi connectivity index (χ4n) is 3.11. The number of nitrogens with zero attached hydrogens (tertiary/aromatic N) is 3. The van der Waals surface area contributed by atoms with Crippen molar-refractivity contribution in [3.05, 3.63) is 52.6 Å². The number of nitriles is 1. The molecule has 0 spiro atoms. The van der Waals surface area contributed by atoms with Crippen molar-refractivity contribution in [1.29, 1.82) is 5.26 Å². The predicted octanol–water partition coefficient (Wildman–Crippen LogP) is 3.57. The summed E-state index contributed by atoms with van der Waals surface area (Å²) in [7, 11) is 0. The van der Waals surface area contributed by atoms with Crippen molar-refractivity contribution < 1.29 is 18.0 Å². The quantitative estimate of drug-likeness (QED) is 0.822. The van der Waals surface area contributed by atoms with Crippen LogP contribution < -0.4 is 0 Å². The zero-order chi connectivity index (χ0) is 18.2. The van der Waals surface area contributed by atoms with Crippen LogP contribution in [0.15, 0.2) is 41.5 Å². The lowest BCUT2D eigenvalue weighted by atomic mass is 9.98. The van der Waals surface area contributed by atoms with Gasteiger partial charge < -0.3 is 0 Å². The Morgan fingerprint density at radius 3 is 2.56 bits per heavy atom. The van der Waals surface area contributed by atoms with Crippen LogP contribution in [0.25, 0.3) is 5.70 Å². The van der Waals surface area contributed by atoms with Crippen LogP contribution >= 0.6 is 0 Å². The minimum atomic E-state index is -4.62. The molecule has 2 aliphatic heterocycles. The van der Waals surface area contributed by atoms with E-state index in [1.165, 1.54) is 10.0 Å². The molecule has 4 nitrogen and oxygen atoms in total. The highest BCUT2D eigenvalue weighted by Gasteiger charge is 2.40. The van der Waals surface area contributed by atoms with Gasteiger partial charge in [-0.2, -0.15) is 18.4 Å².